The maximum absolute atomic E-state index is 5.16. The molecule has 48 valence electrons. The highest BCUT2D eigenvalue weighted by molar-refractivity contribution is 5.15. The van der Waals surface area contributed by atoms with Gasteiger partial charge in [-0.15, -0.1) is 0 Å². The first-order chi connectivity index (χ1) is 4.47. The number of hydrogen-bond donors (Lipinski definition) is 0. The van der Waals surface area contributed by atoms with E-state index in [4.69, 9.17) is 9.15 Å². The number of rotatable bonds is 0. The van der Waals surface area contributed by atoms with Gasteiger partial charge in [-0.25, -0.2) is 0 Å². The molecule has 0 spiro atoms. The molecular formula is C6H7NO2. The maximum Gasteiger partial charge on any atom is 0.256 e. The van der Waals surface area contributed by atoms with Crippen molar-refractivity contribution in [1.82, 2.24) is 4.98 Å². The summed E-state index contributed by atoms with van der Waals surface area (Å²) >= 11 is 0. The lowest BCUT2D eigenvalue weighted by molar-refractivity contribution is 0.264. The van der Waals surface area contributed by atoms with Gasteiger partial charge in [0, 0.05) is 6.42 Å². The van der Waals surface area contributed by atoms with Gasteiger partial charge in [-0.1, -0.05) is 0 Å². The smallest absolute Gasteiger partial charge is 0.256 e. The Balaban J connectivity index is 2.39. The minimum absolute atomic E-state index is 0.682. The maximum atomic E-state index is 5.16. The monoisotopic (exact) mass is 125 g/mol. The van der Waals surface area contributed by atoms with Crippen LogP contribution in [0.4, 0.5) is 0 Å². The standard InChI is InChI=1S/C6H7NO2/c1-2-5-6(8-3-1)7-4-9-5/h4H,1-3H2. The summed E-state index contributed by atoms with van der Waals surface area (Å²) < 4.78 is 10.2. The lowest BCUT2D eigenvalue weighted by Crippen LogP contribution is -2.06. The first kappa shape index (κ1) is 4.85. The fourth-order valence-corrected chi connectivity index (χ4v) is 0.945. The summed E-state index contributed by atoms with van der Waals surface area (Å²) in [6, 6.07) is 0. The molecule has 0 saturated heterocycles. The molecule has 0 atom stereocenters. The Kier molecular flexibility index (Phi) is 0.946. The van der Waals surface area contributed by atoms with Crippen LogP contribution < -0.4 is 4.74 Å². The Bertz CT molecular complexity index is 186. The zero-order chi connectivity index (χ0) is 6.10. The molecule has 0 aliphatic carbocycles. The molecule has 0 amide bonds. The van der Waals surface area contributed by atoms with Crippen LogP contribution in [0.3, 0.4) is 0 Å². The van der Waals surface area contributed by atoms with Crippen LogP contribution >= 0.6 is 0 Å². The molecule has 9 heavy (non-hydrogen) atoms. The molecule has 0 N–H and O–H groups in total. The van der Waals surface area contributed by atoms with Gasteiger partial charge in [-0.05, 0) is 6.42 Å². The summed E-state index contributed by atoms with van der Waals surface area (Å²) in [7, 11) is 0. The minimum Gasteiger partial charge on any atom is -0.475 e. The van der Waals surface area contributed by atoms with Crippen molar-refractivity contribution in [2.45, 2.75) is 12.8 Å². The van der Waals surface area contributed by atoms with E-state index in [0.717, 1.165) is 25.2 Å². The number of aromatic nitrogens is 1. The van der Waals surface area contributed by atoms with E-state index < -0.39 is 0 Å². The Morgan fingerprint density at radius 2 is 2.56 bits per heavy atom. The van der Waals surface area contributed by atoms with E-state index in [1.165, 1.54) is 6.39 Å². The topological polar surface area (TPSA) is 35.3 Å². The van der Waals surface area contributed by atoms with Gasteiger partial charge in [0.15, 0.2) is 12.2 Å². The lowest BCUT2D eigenvalue weighted by Gasteiger charge is -2.08. The Hall–Kier alpha value is -0.990. The first-order valence-electron chi connectivity index (χ1n) is 3.02. The van der Waals surface area contributed by atoms with Gasteiger partial charge in [0.25, 0.3) is 5.88 Å². The third-order valence-corrected chi connectivity index (χ3v) is 1.39. The summed E-state index contributed by atoms with van der Waals surface area (Å²) in [5.74, 6) is 1.57. The van der Waals surface area contributed by atoms with Gasteiger partial charge in [0.05, 0.1) is 6.61 Å². The van der Waals surface area contributed by atoms with Crippen LogP contribution in [0.1, 0.15) is 12.2 Å². The quantitative estimate of drug-likeness (QED) is 0.518. The molecule has 2 rings (SSSR count). The molecular weight excluding hydrogens is 118 g/mol. The average molecular weight is 125 g/mol. The number of nitrogens with zero attached hydrogens (tertiary/aromatic N) is 1. The second kappa shape index (κ2) is 1.76. The van der Waals surface area contributed by atoms with Gasteiger partial charge in [-0.3, -0.25) is 0 Å². The van der Waals surface area contributed by atoms with Crippen LogP contribution in [-0.2, 0) is 6.42 Å². The van der Waals surface area contributed by atoms with Gasteiger partial charge >= 0.3 is 0 Å². The highest BCUT2D eigenvalue weighted by Gasteiger charge is 2.13. The summed E-state index contributed by atoms with van der Waals surface area (Å²) in [6.45, 7) is 0.777. The molecule has 3 nitrogen and oxygen atoms in total. The van der Waals surface area contributed by atoms with Gasteiger partial charge in [0.1, 0.15) is 0 Å². The van der Waals surface area contributed by atoms with Crippen LogP contribution in [0.25, 0.3) is 0 Å². The highest BCUT2D eigenvalue weighted by Crippen LogP contribution is 2.21. The summed E-state index contributed by atoms with van der Waals surface area (Å²) in [6.07, 6.45) is 3.44. The predicted molar refractivity (Wildman–Crippen MR) is 30.3 cm³/mol. The molecule has 0 unspecified atom stereocenters. The van der Waals surface area contributed by atoms with Gasteiger partial charge in [0.2, 0.25) is 0 Å². The second-order valence-electron chi connectivity index (χ2n) is 2.03. The lowest BCUT2D eigenvalue weighted by atomic mass is 10.2. The predicted octanol–water partition coefficient (Wildman–Crippen LogP) is 1.000. The van der Waals surface area contributed by atoms with Crippen molar-refractivity contribution in [2.24, 2.45) is 0 Å². The molecule has 0 bridgehead atoms. The van der Waals surface area contributed by atoms with E-state index in [1.807, 2.05) is 0 Å². The third kappa shape index (κ3) is 0.686. The summed E-state index contributed by atoms with van der Waals surface area (Å²) in [5, 5.41) is 0. The van der Waals surface area contributed by atoms with Crippen LogP contribution in [0.15, 0.2) is 10.8 Å². The van der Waals surface area contributed by atoms with Crippen molar-refractivity contribution < 1.29 is 9.15 Å². The Morgan fingerprint density at radius 1 is 1.56 bits per heavy atom. The fraction of sp³-hybridized carbons (Fsp3) is 0.500. The number of fused-ring (bicyclic) bond motifs is 1. The highest BCUT2D eigenvalue weighted by atomic mass is 16.5. The van der Waals surface area contributed by atoms with E-state index in [0.29, 0.717) is 5.88 Å². The average Bonchev–Trinajstić information content (AvgIpc) is 2.33. The second-order valence-corrected chi connectivity index (χ2v) is 2.03. The van der Waals surface area contributed by atoms with E-state index in [2.05, 4.69) is 4.98 Å². The molecule has 1 aliphatic heterocycles. The number of ether oxygens (including phenoxy) is 1. The van der Waals surface area contributed by atoms with Gasteiger partial charge in [-0.2, -0.15) is 4.98 Å². The van der Waals surface area contributed by atoms with E-state index in [1.54, 1.807) is 0 Å². The molecule has 2 heterocycles. The van der Waals surface area contributed by atoms with Crippen LogP contribution in [0, 0.1) is 0 Å². The largest absolute Gasteiger partial charge is 0.475 e. The van der Waals surface area contributed by atoms with Crippen molar-refractivity contribution in [3.05, 3.63) is 12.2 Å². The van der Waals surface area contributed by atoms with Crippen molar-refractivity contribution in [3.8, 4) is 5.88 Å². The van der Waals surface area contributed by atoms with Gasteiger partial charge < -0.3 is 9.15 Å². The van der Waals surface area contributed by atoms with E-state index in [-0.39, 0.29) is 0 Å². The van der Waals surface area contributed by atoms with E-state index >= 15 is 0 Å². The number of hydrogen-bond acceptors (Lipinski definition) is 3. The molecule has 1 aliphatic rings. The van der Waals surface area contributed by atoms with Crippen LogP contribution in [0.2, 0.25) is 0 Å². The molecule has 0 radical (unpaired) electrons. The Labute approximate surface area is 52.6 Å². The van der Waals surface area contributed by atoms with Crippen LogP contribution in [-0.4, -0.2) is 11.6 Å². The van der Waals surface area contributed by atoms with Crippen molar-refractivity contribution in [2.75, 3.05) is 6.61 Å². The van der Waals surface area contributed by atoms with Crippen molar-refractivity contribution in [3.63, 3.8) is 0 Å². The fourth-order valence-electron chi connectivity index (χ4n) is 0.945. The molecule has 1 aromatic rings. The molecule has 0 fully saturated rings. The summed E-state index contributed by atoms with van der Waals surface area (Å²) in [4.78, 5) is 3.87. The number of aryl methyl sites for hydroxylation is 1. The summed E-state index contributed by atoms with van der Waals surface area (Å²) in [5.41, 5.74) is 0. The molecule has 0 aromatic carbocycles. The minimum atomic E-state index is 0.682. The SMILES string of the molecule is c1nc2c(o1)CCCO2. The molecule has 1 aromatic heterocycles. The van der Waals surface area contributed by atoms with Crippen LogP contribution in [0.5, 0.6) is 5.88 Å². The van der Waals surface area contributed by atoms with Crippen molar-refractivity contribution >= 4 is 0 Å². The Morgan fingerprint density at radius 3 is 3.44 bits per heavy atom. The first-order valence-corrected chi connectivity index (χ1v) is 3.02. The zero-order valence-electron chi connectivity index (χ0n) is 4.96. The third-order valence-electron chi connectivity index (χ3n) is 1.39. The van der Waals surface area contributed by atoms with Crippen molar-refractivity contribution in [1.29, 1.82) is 0 Å². The number of oxazole rings is 1. The van der Waals surface area contributed by atoms with E-state index in [9.17, 15) is 0 Å². The normalized spacial score (nSPS) is 16.4. The zero-order valence-corrected chi connectivity index (χ0v) is 4.96. The molecule has 0 saturated carbocycles. The molecule has 3 heteroatoms.